The molecular formula is C17H27N3O3S2. The Labute approximate surface area is 154 Å². The van der Waals surface area contributed by atoms with Gasteiger partial charge in [0.05, 0.1) is 4.88 Å². The van der Waals surface area contributed by atoms with Crippen molar-refractivity contribution in [3.8, 4) is 0 Å². The van der Waals surface area contributed by atoms with E-state index in [1.54, 1.807) is 16.4 Å². The van der Waals surface area contributed by atoms with Crippen LogP contribution in [0.5, 0.6) is 0 Å². The van der Waals surface area contributed by atoms with Gasteiger partial charge in [-0.3, -0.25) is 4.79 Å². The number of nitrogens with zero attached hydrogens (tertiary/aromatic N) is 2. The fourth-order valence-electron chi connectivity index (χ4n) is 3.45. The number of piperidine rings is 2. The van der Waals surface area contributed by atoms with Crippen LogP contribution in [0.15, 0.2) is 16.3 Å². The lowest BCUT2D eigenvalue weighted by molar-refractivity contribution is 0.0712. The quantitative estimate of drug-likeness (QED) is 0.861. The smallest absolute Gasteiger partial charge is 0.263 e. The van der Waals surface area contributed by atoms with Gasteiger partial charge < -0.3 is 10.2 Å². The molecule has 3 rings (SSSR count). The molecule has 3 heterocycles. The number of carbonyl (C=O) groups excluding carboxylic acids is 1. The van der Waals surface area contributed by atoms with E-state index in [9.17, 15) is 13.2 Å². The third-order valence-electron chi connectivity index (χ3n) is 5.32. The number of nitrogens with one attached hydrogen (secondary N) is 1. The zero-order valence-corrected chi connectivity index (χ0v) is 16.5. The first-order valence-electron chi connectivity index (χ1n) is 8.98. The van der Waals surface area contributed by atoms with Crippen molar-refractivity contribution in [3.63, 3.8) is 0 Å². The first-order chi connectivity index (χ1) is 11.9. The second-order valence-corrected chi connectivity index (χ2v) is 10.3. The van der Waals surface area contributed by atoms with Gasteiger partial charge in [0, 0.05) is 32.2 Å². The maximum Gasteiger partial charge on any atom is 0.263 e. The maximum atomic E-state index is 12.8. The fraction of sp³-hybridized carbons (Fsp3) is 0.706. The van der Waals surface area contributed by atoms with E-state index in [-0.39, 0.29) is 10.1 Å². The van der Waals surface area contributed by atoms with Gasteiger partial charge in [-0.15, -0.1) is 11.3 Å². The van der Waals surface area contributed by atoms with Crippen molar-refractivity contribution in [3.05, 3.63) is 17.0 Å². The number of amides is 1. The number of hydrogen-bond donors (Lipinski definition) is 1. The average molecular weight is 386 g/mol. The van der Waals surface area contributed by atoms with Gasteiger partial charge in [-0.25, -0.2) is 8.42 Å². The lowest BCUT2D eigenvalue weighted by Gasteiger charge is -2.31. The molecule has 0 unspecified atom stereocenters. The molecule has 0 aromatic carbocycles. The summed E-state index contributed by atoms with van der Waals surface area (Å²) in [6.07, 6.45) is 3.67. The number of rotatable bonds is 4. The predicted molar refractivity (Wildman–Crippen MR) is 99.5 cm³/mol. The second-order valence-electron chi connectivity index (χ2n) is 7.06. The Morgan fingerprint density at radius 1 is 1.12 bits per heavy atom. The molecule has 0 aliphatic carbocycles. The van der Waals surface area contributed by atoms with Gasteiger partial charge in [0.25, 0.3) is 15.9 Å². The van der Waals surface area contributed by atoms with Gasteiger partial charge in [0.15, 0.2) is 0 Å². The van der Waals surface area contributed by atoms with Crippen molar-refractivity contribution in [1.82, 2.24) is 14.5 Å². The molecule has 6 nitrogen and oxygen atoms in total. The van der Waals surface area contributed by atoms with E-state index >= 15 is 0 Å². The van der Waals surface area contributed by atoms with Crippen LogP contribution in [0.25, 0.3) is 0 Å². The summed E-state index contributed by atoms with van der Waals surface area (Å²) >= 11 is 1.11. The van der Waals surface area contributed by atoms with Gasteiger partial charge in [0.2, 0.25) is 0 Å². The molecule has 1 N–H and O–H groups in total. The topological polar surface area (TPSA) is 69.7 Å². The van der Waals surface area contributed by atoms with Gasteiger partial charge in [0.1, 0.15) is 4.21 Å². The molecule has 25 heavy (non-hydrogen) atoms. The summed E-state index contributed by atoms with van der Waals surface area (Å²) < 4.78 is 27.4. The molecule has 140 valence electrons. The molecule has 8 heteroatoms. The zero-order valence-electron chi connectivity index (χ0n) is 14.9. The molecule has 0 radical (unpaired) electrons. The van der Waals surface area contributed by atoms with Crippen LogP contribution in [0, 0.1) is 5.92 Å². The standard InChI is InChI=1S/C17H27N3O3S2/c1-13-5-11-20(12-6-13)25(22,23)16-4-3-15(24-16)17(21)19-9-7-14(18-2)8-10-19/h3-4,13-14,18H,5-12H2,1-2H3. The molecule has 2 saturated heterocycles. The Hall–Kier alpha value is -0.960. The van der Waals surface area contributed by atoms with Crippen LogP contribution < -0.4 is 5.32 Å². The minimum absolute atomic E-state index is 0.0479. The van der Waals surface area contributed by atoms with E-state index < -0.39 is 10.0 Å². The molecule has 1 aromatic heterocycles. The molecule has 0 atom stereocenters. The number of thiophene rings is 1. The number of sulfonamides is 1. The summed E-state index contributed by atoms with van der Waals surface area (Å²) in [4.78, 5) is 15.0. The van der Waals surface area contributed by atoms with Crippen LogP contribution in [-0.4, -0.2) is 62.8 Å². The Balaban J connectivity index is 1.68. The van der Waals surface area contributed by atoms with E-state index in [1.165, 1.54) is 0 Å². The summed E-state index contributed by atoms with van der Waals surface area (Å²) in [6.45, 7) is 4.73. The Bertz CT molecular complexity index is 700. The highest BCUT2D eigenvalue weighted by molar-refractivity contribution is 7.91. The van der Waals surface area contributed by atoms with E-state index in [1.807, 2.05) is 11.9 Å². The van der Waals surface area contributed by atoms with Crippen LogP contribution in [-0.2, 0) is 10.0 Å². The summed E-state index contributed by atoms with van der Waals surface area (Å²) in [6, 6.07) is 3.72. The molecule has 0 bridgehead atoms. The van der Waals surface area contributed by atoms with Crippen molar-refractivity contribution in [2.75, 3.05) is 33.2 Å². The lowest BCUT2D eigenvalue weighted by Crippen LogP contribution is -2.43. The zero-order chi connectivity index (χ0) is 18.0. The normalized spacial score (nSPS) is 21.6. The average Bonchev–Trinajstić information content (AvgIpc) is 3.12. The van der Waals surface area contributed by atoms with E-state index in [4.69, 9.17) is 0 Å². The molecule has 1 aromatic rings. The van der Waals surface area contributed by atoms with E-state index in [0.29, 0.717) is 43.0 Å². The highest BCUT2D eigenvalue weighted by atomic mass is 32.2. The minimum atomic E-state index is -3.47. The molecule has 0 saturated carbocycles. The third-order valence-corrected chi connectivity index (χ3v) is 8.76. The largest absolute Gasteiger partial charge is 0.338 e. The van der Waals surface area contributed by atoms with Crippen LogP contribution in [0.3, 0.4) is 0 Å². The molecule has 1 amide bonds. The highest BCUT2D eigenvalue weighted by Gasteiger charge is 2.31. The summed E-state index contributed by atoms with van der Waals surface area (Å²) in [5.74, 6) is 0.528. The van der Waals surface area contributed by atoms with Crippen molar-refractivity contribution in [2.45, 2.75) is 42.9 Å². The van der Waals surface area contributed by atoms with E-state index in [0.717, 1.165) is 37.0 Å². The number of hydrogen-bond acceptors (Lipinski definition) is 5. The van der Waals surface area contributed by atoms with Gasteiger partial charge in [-0.2, -0.15) is 4.31 Å². The predicted octanol–water partition coefficient (Wildman–Crippen LogP) is 1.99. The minimum Gasteiger partial charge on any atom is -0.338 e. The van der Waals surface area contributed by atoms with Crippen LogP contribution >= 0.6 is 11.3 Å². The van der Waals surface area contributed by atoms with Crippen LogP contribution in [0.1, 0.15) is 42.3 Å². The molecule has 2 fully saturated rings. The third kappa shape index (κ3) is 4.07. The maximum absolute atomic E-state index is 12.8. The summed E-state index contributed by atoms with van der Waals surface area (Å²) in [5.41, 5.74) is 0. The van der Waals surface area contributed by atoms with Gasteiger partial charge >= 0.3 is 0 Å². The van der Waals surface area contributed by atoms with Gasteiger partial charge in [-0.1, -0.05) is 6.92 Å². The van der Waals surface area contributed by atoms with Crippen LogP contribution in [0.2, 0.25) is 0 Å². The molecule has 2 aliphatic heterocycles. The van der Waals surface area contributed by atoms with E-state index in [2.05, 4.69) is 12.2 Å². The van der Waals surface area contributed by atoms with Gasteiger partial charge in [-0.05, 0) is 50.8 Å². The Morgan fingerprint density at radius 3 is 2.36 bits per heavy atom. The summed E-state index contributed by atoms with van der Waals surface area (Å²) in [7, 11) is -1.53. The molecule has 0 spiro atoms. The Morgan fingerprint density at radius 2 is 1.76 bits per heavy atom. The molecule has 2 aliphatic rings. The number of likely N-dealkylation sites (tertiary alicyclic amines) is 1. The van der Waals surface area contributed by atoms with Crippen LogP contribution in [0.4, 0.5) is 0 Å². The first kappa shape index (κ1) is 18.8. The monoisotopic (exact) mass is 385 g/mol. The van der Waals surface area contributed by atoms with Crippen molar-refractivity contribution in [1.29, 1.82) is 0 Å². The highest BCUT2D eigenvalue weighted by Crippen LogP contribution is 2.29. The molecular weight excluding hydrogens is 358 g/mol. The Kier molecular flexibility index (Phi) is 5.82. The number of carbonyl (C=O) groups is 1. The SMILES string of the molecule is CNC1CCN(C(=O)c2ccc(S(=O)(=O)N3CCC(C)CC3)s2)CC1. The van der Waals surface area contributed by atoms with Crippen molar-refractivity contribution in [2.24, 2.45) is 5.92 Å². The summed E-state index contributed by atoms with van der Waals surface area (Å²) in [5, 5.41) is 3.25. The first-order valence-corrected chi connectivity index (χ1v) is 11.2. The lowest BCUT2D eigenvalue weighted by atomic mass is 10.0. The van der Waals surface area contributed by atoms with Crippen molar-refractivity contribution < 1.29 is 13.2 Å². The fourth-order valence-corrected chi connectivity index (χ4v) is 6.35. The van der Waals surface area contributed by atoms with Crippen molar-refractivity contribution >= 4 is 27.3 Å². The second kappa shape index (κ2) is 7.73.